The SMILES string of the molecule is Cc1cc(NC(=O)C(SCc2ccc(Br)cc2)c2ccccc2)no1. The van der Waals surface area contributed by atoms with E-state index in [1.54, 1.807) is 24.8 Å². The minimum absolute atomic E-state index is 0.110. The predicted molar refractivity (Wildman–Crippen MR) is 104 cm³/mol. The Hall–Kier alpha value is -2.05. The van der Waals surface area contributed by atoms with E-state index in [9.17, 15) is 4.79 Å². The number of hydrogen-bond donors (Lipinski definition) is 1. The summed E-state index contributed by atoms with van der Waals surface area (Å²) >= 11 is 5.02. The Morgan fingerprint density at radius 3 is 2.56 bits per heavy atom. The lowest BCUT2D eigenvalue weighted by Gasteiger charge is -2.16. The topological polar surface area (TPSA) is 55.1 Å². The summed E-state index contributed by atoms with van der Waals surface area (Å²) in [6.07, 6.45) is 0. The van der Waals surface area contributed by atoms with Crippen molar-refractivity contribution < 1.29 is 9.32 Å². The van der Waals surface area contributed by atoms with Gasteiger partial charge in [0.15, 0.2) is 5.82 Å². The van der Waals surface area contributed by atoms with Gasteiger partial charge in [-0.05, 0) is 30.2 Å². The van der Waals surface area contributed by atoms with E-state index in [2.05, 4.69) is 38.5 Å². The summed E-state index contributed by atoms with van der Waals surface area (Å²) in [6, 6.07) is 19.6. The number of nitrogens with one attached hydrogen (secondary N) is 1. The zero-order chi connectivity index (χ0) is 17.6. The summed E-state index contributed by atoms with van der Waals surface area (Å²) in [5.41, 5.74) is 2.13. The molecule has 0 radical (unpaired) electrons. The molecule has 0 bridgehead atoms. The molecule has 1 amide bonds. The fraction of sp³-hybridized carbons (Fsp3) is 0.158. The van der Waals surface area contributed by atoms with Gasteiger partial charge in [0.2, 0.25) is 5.91 Å². The maximum Gasteiger partial charge on any atom is 0.243 e. The molecule has 1 heterocycles. The minimum Gasteiger partial charge on any atom is -0.360 e. The van der Waals surface area contributed by atoms with E-state index in [0.29, 0.717) is 11.6 Å². The van der Waals surface area contributed by atoms with Crippen molar-refractivity contribution >= 4 is 39.4 Å². The Bertz CT molecular complexity index is 834. The van der Waals surface area contributed by atoms with E-state index in [1.807, 2.05) is 42.5 Å². The molecule has 3 aromatic rings. The molecule has 1 N–H and O–H groups in total. The lowest BCUT2D eigenvalue weighted by Crippen LogP contribution is -2.19. The summed E-state index contributed by atoms with van der Waals surface area (Å²) in [6.45, 7) is 1.79. The molecular formula is C19H17BrN2O2S. The van der Waals surface area contributed by atoms with Crippen LogP contribution >= 0.6 is 27.7 Å². The number of hydrogen-bond acceptors (Lipinski definition) is 4. The molecule has 0 spiro atoms. The maximum absolute atomic E-state index is 12.8. The van der Waals surface area contributed by atoms with Crippen LogP contribution in [0.3, 0.4) is 0 Å². The standard InChI is InChI=1S/C19H17BrN2O2S/c1-13-11-17(22-24-13)21-19(23)18(15-5-3-2-4-6-15)25-12-14-7-9-16(20)10-8-14/h2-11,18H,12H2,1H3,(H,21,22,23). The van der Waals surface area contributed by atoms with Crippen LogP contribution in [-0.2, 0) is 10.5 Å². The molecule has 3 rings (SSSR count). The first-order chi connectivity index (χ1) is 12.1. The monoisotopic (exact) mass is 416 g/mol. The number of thioether (sulfide) groups is 1. The largest absolute Gasteiger partial charge is 0.360 e. The van der Waals surface area contributed by atoms with Gasteiger partial charge in [-0.3, -0.25) is 4.79 Å². The number of nitrogens with zero attached hydrogens (tertiary/aromatic N) is 1. The van der Waals surface area contributed by atoms with E-state index >= 15 is 0 Å². The molecule has 0 fully saturated rings. The number of amides is 1. The second-order valence-electron chi connectivity index (χ2n) is 5.54. The molecule has 0 saturated carbocycles. The van der Waals surface area contributed by atoms with Crippen molar-refractivity contribution in [3.8, 4) is 0 Å². The van der Waals surface area contributed by atoms with E-state index in [4.69, 9.17) is 4.52 Å². The van der Waals surface area contributed by atoms with Crippen LogP contribution in [0.5, 0.6) is 0 Å². The number of aromatic nitrogens is 1. The van der Waals surface area contributed by atoms with Crippen molar-refractivity contribution in [2.45, 2.75) is 17.9 Å². The van der Waals surface area contributed by atoms with Crippen molar-refractivity contribution in [1.82, 2.24) is 5.16 Å². The highest BCUT2D eigenvalue weighted by molar-refractivity contribution is 9.10. The molecule has 25 heavy (non-hydrogen) atoms. The fourth-order valence-corrected chi connectivity index (χ4v) is 3.70. The summed E-state index contributed by atoms with van der Waals surface area (Å²) < 4.78 is 6.06. The Morgan fingerprint density at radius 1 is 1.20 bits per heavy atom. The second kappa shape index (κ2) is 8.36. The number of benzene rings is 2. The number of carbonyl (C=O) groups excluding carboxylic acids is 1. The van der Waals surface area contributed by atoms with Crippen molar-refractivity contribution in [2.24, 2.45) is 0 Å². The van der Waals surface area contributed by atoms with E-state index in [-0.39, 0.29) is 11.2 Å². The third kappa shape index (κ3) is 4.96. The number of aryl methyl sites for hydroxylation is 1. The lowest BCUT2D eigenvalue weighted by atomic mass is 10.1. The highest BCUT2D eigenvalue weighted by Gasteiger charge is 2.22. The first-order valence-electron chi connectivity index (χ1n) is 7.77. The zero-order valence-electron chi connectivity index (χ0n) is 13.6. The number of carbonyl (C=O) groups is 1. The van der Waals surface area contributed by atoms with E-state index in [0.717, 1.165) is 15.8 Å². The van der Waals surface area contributed by atoms with Gasteiger partial charge in [-0.2, -0.15) is 0 Å². The third-order valence-corrected chi connectivity index (χ3v) is 5.40. The van der Waals surface area contributed by atoms with Crippen molar-refractivity contribution in [1.29, 1.82) is 0 Å². The van der Waals surface area contributed by atoms with Crippen molar-refractivity contribution in [2.75, 3.05) is 5.32 Å². The molecule has 6 heteroatoms. The zero-order valence-corrected chi connectivity index (χ0v) is 16.0. The summed E-state index contributed by atoms with van der Waals surface area (Å²) in [4.78, 5) is 12.8. The second-order valence-corrected chi connectivity index (χ2v) is 7.55. The van der Waals surface area contributed by atoms with Crippen LogP contribution in [0.1, 0.15) is 22.1 Å². The molecule has 0 aliphatic rings. The number of anilines is 1. The molecule has 1 aromatic heterocycles. The molecule has 0 saturated heterocycles. The maximum atomic E-state index is 12.8. The van der Waals surface area contributed by atoms with E-state index < -0.39 is 0 Å². The number of halogens is 1. The van der Waals surface area contributed by atoms with E-state index in [1.165, 1.54) is 5.56 Å². The fourth-order valence-electron chi connectivity index (χ4n) is 2.33. The van der Waals surface area contributed by atoms with Crippen LogP contribution in [-0.4, -0.2) is 11.1 Å². The van der Waals surface area contributed by atoms with Crippen LogP contribution in [0.25, 0.3) is 0 Å². The van der Waals surface area contributed by atoms with Gasteiger partial charge < -0.3 is 9.84 Å². The van der Waals surface area contributed by atoms with Crippen LogP contribution < -0.4 is 5.32 Å². The lowest BCUT2D eigenvalue weighted by molar-refractivity contribution is -0.115. The van der Waals surface area contributed by atoms with Crippen molar-refractivity contribution in [3.05, 3.63) is 82.0 Å². The molecule has 128 valence electrons. The molecule has 1 atom stereocenters. The average molecular weight is 417 g/mol. The third-order valence-electron chi connectivity index (χ3n) is 3.55. The summed E-state index contributed by atoms with van der Waals surface area (Å²) in [5.74, 6) is 1.72. The normalized spacial score (nSPS) is 11.9. The van der Waals surface area contributed by atoms with Gasteiger partial charge in [-0.25, -0.2) is 0 Å². The van der Waals surface area contributed by atoms with Crippen molar-refractivity contribution in [3.63, 3.8) is 0 Å². The number of rotatable bonds is 6. The molecular weight excluding hydrogens is 400 g/mol. The van der Waals surface area contributed by atoms with Gasteiger partial charge in [0.05, 0.1) is 0 Å². The van der Waals surface area contributed by atoms with Crippen LogP contribution in [0.4, 0.5) is 5.82 Å². The van der Waals surface area contributed by atoms with Crippen LogP contribution in [0, 0.1) is 6.92 Å². The first-order valence-corrected chi connectivity index (χ1v) is 9.61. The summed E-state index contributed by atoms with van der Waals surface area (Å²) in [7, 11) is 0. The molecule has 0 aliphatic carbocycles. The van der Waals surface area contributed by atoms with Gasteiger partial charge in [-0.1, -0.05) is 63.6 Å². The Balaban J connectivity index is 1.75. The van der Waals surface area contributed by atoms with Gasteiger partial charge in [-0.15, -0.1) is 11.8 Å². The molecule has 2 aromatic carbocycles. The summed E-state index contributed by atoms with van der Waals surface area (Å²) in [5, 5.41) is 6.34. The van der Waals surface area contributed by atoms with Crippen LogP contribution in [0.15, 0.2) is 69.7 Å². The first kappa shape index (κ1) is 17.8. The van der Waals surface area contributed by atoms with Gasteiger partial charge in [0.1, 0.15) is 11.0 Å². The predicted octanol–water partition coefficient (Wildman–Crippen LogP) is 5.36. The Labute approximate surface area is 159 Å². The van der Waals surface area contributed by atoms with Gasteiger partial charge in [0, 0.05) is 16.3 Å². The molecule has 4 nitrogen and oxygen atoms in total. The average Bonchev–Trinajstić information content (AvgIpc) is 3.02. The highest BCUT2D eigenvalue weighted by Crippen LogP contribution is 2.33. The minimum atomic E-state index is -0.332. The smallest absolute Gasteiger partial charge is 0.243 e. The molecule has 1 unspecified atom stereocenters. The molecule has 0 aliphatic heterocycles. The Kier molecular flexibility index (Phi) is 5.94. The van der Waals surface area contributed by atoms with Gasteiger partial charge in [0.25, 0.3) is 0 Å². The van der Waals surface area contributed by atoms with Gasteiger partial charge >= 0.3 is 0 Å². The Morgan fingerprint density at radius 2 is 1.92 bits per heavy atom. The highest BCUT2D eigenvalue weighted by atomic mass is 79.9. The quantitative estimate of drug-likeness (QED) is 0.587. The van der Waals surface area contributed by atoms with Crippen LogP contribution in [0.2, 0.25) is 0 Å².